The topological polar surface area (TPSA) is 28.7 Å². The van der Waals surface area contributed by atoms with E-state index < -0.39 is 0 Å². The highest BCUT2D eigenvalue weighted by molar-refractivity contribution is 5.14. The monoisotopic (exact) mass is 272 g/mol. The summed E-state index contributed by atoms with van der Waals surface area (Å²) in [5.41, 5.74) is 1.51. The van der Waals surface area contributed by atoms with E-state index in [0.717, 1.165) is 5.92 Å². The van der Waals surface area contributed by atoms with Crippen LogP contribution in [0.15, 0.2) is 49.1 Å². The second-order valence-electron chi connectivity index (χ2n) is 5.15. The number of nitrogens with one attached hydrogen (secondary N) is 1. The lowest BCUT2D eigenvalue weighted by Gasteiger charge is -2.14. The van der Waals surface area contributed by atoms with Gasteiger partial charge in [0.25, 0.3) is 0 Å². The smallest absolute Gasteiger partial charge is 0.0267 e. The molecule has 0 aliphatic carbocycles. The molecule has 0 fully saturated rings. The summed E-state index contributed by atoms with van der Waals surface area (Å²) in [7, 11) is 0. The molecule has 0 spiro atoms. The Hall–Kier alpha value is -1.57. The van der Waals surface area contributed by atoms with Gasteiger partial charge in [0.05, 0.1) is 0 Å². The van der Waals surface area contributed by atoms with E-state index in [1.54, 1.807) is 12.4 Å². The van der Waals surface area contributed by atoms with Crippen LogP contribution in [0.4, 0.5) is 0 Å². The molecular weight excluding hydrogens is 244 g/mol. The third-order valence-electron chi connectivity index (χ3n) is 3.47. The number of pyridine rings is 1. The molecule has 2 heteroatoms. The summed E-state index contributed by atoms with van der Waals surface area (Å²) in [4.78, 5) is 6.95. The maximum Gasteiger partial charge on any atom is 0.0267 e. The first-order valence-corrected chi connectivity index (χ1v) is 7.86. The standard InChI is InChI=1S/C13H23N.C5H5N/c1-3-5-7-12(8-6-4-2)13-9-10-14-11-13;1-2-4-6-5-3-1/h9-12,14H,3-8H2,1-2H3;1-5H. The molecule has 0 saturated carbocycles. The lowest BCUT2D eigenvalue weighted by molar-refractivity contribution is 0.525. The fourth-order valence-electron chi connectivity index (χ4n) is 2.28. The van der Waals surface area contributed by atoms with Gasteiger partial charge in [-0.2, -0.15) is 0 Å². The number of rotatable bonds is 7. The van der Waals surface area contributed by atoms with E-state index in [0.29, 0.717) is 0 Å². The van der Waals surface area contributed by atoms with Gasteiger partial charge in [-0.05, 0) is 42.5 Å². The van der Waals surface area contributed by atoms with Crippen molar-refractivity contribution in [2.24, 2.45) is 0 Å². The quantitative estimate of drug-likeness (QED) is 0.702. The number of hydrogen-bond acceptors (Lipinski definition) is 1. The zero-order valence-electron chi connectivity index (χ0n) is 12.9. The van der Waals surface area contributed by atoms with E-state index in [-0.39, 0.29) is 0 Å². The number of aromatic amines is 1. The zero-order valence-corrected chi connectivity index (χ0v) is 12.9. The van der Waals surface area contributed by atoms with Crippen molar-refractivity contribution in [1.29, 1.82) is 0 Å². The van der Waals surface area contributed by atoms with Gasteiger partial charge in [-0.15, -0.1) is 0 Å². The Morgan fingerprint density at radius 2 is 1.65 bits per heavy atom. The van der Waals surface area contributed by atoms with E-state index in [2.05, 4.69) is 36.1 Å². The third-order valence-corrected chi connectivity index (χ3v) is 3.47. The molecule has 2 nitrogen and oxygen atoms in total. The van der Waals surface area contributed by atoms with Crippen molar-refractivity contribution in [1.82, 2.24) is 9.97 Å². The molecule has 0 aliphatic heterocycles. The predicted molar refractivity (Wildman–Crippen MR) is 86.8 cm³/mol. The Labute approximate surface area is 123 Å². The Morgan fingerprint density at radius 3 is 2.00 bits per heavy atom. The Bertz CT molecular complexity index is 360. The van der Waals surface area contributed by atoms with Gasteiger partial charge in [0.2, 0.25) is 0 Å². The van der Waals surface area contributed by atoms with Crippen molar-refractivity contribution in [2.45, 2.75) is 58.3 Å². The Kier molecular flexibility index (Phi) is 9.29. The molecule has 0 amide bonds. The Morgan fingerprint density at radius 1 is 1.00 bits per heavy atom. The molecule has 0 atom stereocenters. The summed E-state index contributed by atoms with van der Waals surface area (Å²) in [6, 6.07) is 7.95. The molecule has 2 rings (SSSR count). The summed E-state index contributed by atoms with van der Waals surface area (Å²) in [5.74, 6) is 0.793. The second-order valence-corrected chi connectivity index (χ2v) is 5.15. The number of aromatic nitrogens is 2. The first-order valence-electron chi connectivity index (χ1n) is 7.86. The minimum absolute atomic E-state index is 0.793. The van der Waals surface area contributed by atoms with Gasteiger partial charge in [-0.25, -0.2) is 0 Å². The second kappa shape index (κ2) is 11.3. The van der Waals surface area contributed by atoms with E-state index in [4.69, 9.17) is 0 Å². The summed E-state index contributed by atoms with van der Waals surface area (Å²) in [6.45, 7) is 4.54. The average Bonchev–Trinajstić information content (AvgIpc) is 3.04. The molecule has 2 aromatic heterocycles. The van der Waals surface area contributed by atoms with Gasteiger partial charge in [-0.3, -0.25) is 4.98 Å². The lowest BCUT2D eigenvalue weighted by Crippen LogP contribution is -1.97. The van der Waals surface area contributed by atoms with Crippen LogP contribution >= 0.6 is 0 Å². The third kappa shape index (κ3) is 7.13. The average molecular weight is 272 g/mol. The van der Waals surface area contributed by atoms with Crippen LogP contribution < -0.4 is 0 Å². The van der Waals surface area contributed by atoms with Crippen LogP contribution in [-0.4, -0.2) is 9.97 Å². The van der Waals surface area contributed by atoms with Crippen molar-refractivity contribution >= 4 is 0 Å². The highest BCUT2D eigenvalue weighted by Gasteiger charge is 2.10. The zero-order chi connectivity index (χ0) is 14.5. The van der Waals surface area contributed by atoms with Crippen molar-refractivity contribution in [2.75, 3.05) is 0 Å². The van der Waals surface area contributed by atoms with Crippen molar-refractivity contribution < 1.29 is 0 Å². The summed E-state index contributed by atoms with van der Waals surface area (Å²) < 4.78 is 0. The largest absolute Gasteiger partial charge is 0.367 e. The van der Waals surface area contributed by atoms with Crippen LogP contribution in [0.3, 0.4) is 0 Å². The molecule has 0 saturated heterocycles. The molecule has 2 heterocycles. The van der Waals surface area contributed by atoms with E-state index >= 15 is 0 Å². The summed E-state index contributed by atoms with van der Waals surface area (Å²) >= 11 is 0. The molecule has 0 bridgehead atoms. The normalized spacial score (nSPS) is 10.2. The molecule has 1 N–H and O–H groups in total. The van der Waals surface area contributed by atoms with E-state index in [1.165, 1.54) is 44.1 Å². The number of unbranched alkanes of at least 4 members (excludes halogenated alkanes) is 2. The Balaban J connectivity index is 0.000000276. The van der Waals surface area contributed by atoms with Gasteiger partial charge in [-0.1, -0.05) is 45.6 Å². The SMILES string of the molecule is CCCCC(CCCC)c1cc[nH]c1.c1ccncc1. The molecule has 20 heavy (non-hydrogen) atoms. The molecule has 0 aliphatic rings. The first-order chi connectivity index (χ1) is 9.88. The van der Waals surface area contributed by atoms with Gasteiger partial charge >= 0.3 is 0 Å². The first kappa shape index (κ1) is 16.5. The summed E-state index contributed by atoms with van der Waals surface area (Å²) in [6.07, 6.45) is 15.8. The van der Waals surface area contributed by atoms with Crippen LogP contribution in [0.1, 0.15) is 63.9 Å². The van der Waals surface area contributed by atoms with Gasteiger partial charge in [0.15, 0.2) is 0 Å². The molecule has 2 aromatic rings. The predicted octanol–water partition coefficient (Wildman–Crippen LogP) is 5.56. The fraction of sp³-hybridized carbons (Fsp3) is 0.500. The highest BCUT2D eigenvalue weighted by atomic mass is 14.6. The van der Waals surface area contributed by atoms with Crippen LogP contribution in [0, 0.1) is 0 Å². The maximum atomic E-state index is 3.78. The fourth-order valence-corrected chi connectivity index (χ4v) is 2.28. The van der Waals surface area contributed by atoms with Crippen LogP contribution in [0.5, 0.6) is 0 Å². The van der Waals surface area contributed by atoms with E-state index in [1.807, 2.05) is 24.4 Å². The van der Waals surface area contributed by atoms with Crippen molar-refractivity contribution in [3.63, 3.8) is 0 Å². The van der Waals surface area contributed by atoms with Crippen LogP contribution in [-0.2, 0) is 0 Å². The van der Waals surface area contributed by atoms with Crippen molar-refractivity contribution in [3.8, 4) is 0 Å². The summed E-state index contributed by atoms with van der Waals surface area (Å²) in [5, 5.41) is 0. The molecule has 0 aromatic carbocycles. The maximum absolute atomic E-state index is 3.78. The van der Waals surface area contributed by atoms with Gasteiger partial charge < -0.3 is 4.98 Å². The highest BCUT2D eigenvalue weighted by Crippen LogP contribution is 2.27. The molecule has 0 radical (unpaired) electrons. The molecule has 110 valence electrons. The van der Waals surface area contributed by atoms with Crippen LogP contribution in [0.2, 0.25) is 0 Å². The van der Waals surface area contributed by atoms with Gasteiger partial charge in [0, 0.05) is 24.8 Å². The number of H-pyrrole nitrogens is 1. The van der Waals surface area contributed by atoms with E-state index in [9.17, 15) is 0 Å². The lowest BCUT2D eigenvalue weighted by atomic mass is 9.91. The molecular formula is C18H28N2. The minimum Gasteiger partial charge on any atom is -0.367 e. The van der Waals surface area contributed by atoms with Crippen LogP contribution in [0.25, 0.3) is 0 Å². The number of hydrogen-bond donors (Lipinski definition) is 1. The molecule has 0 unspecified atom stereocenters. The number of nitrogens with zero attached hydrogens (tertiary/aromatic N) is 1. The van der Waals surface area contributed by atoms with Crippen molar-refractivity contribution in [3.05, 3.63) is 54.6 Å². The van der Waals surface area contributed by atoms with Gasteiger partial charge in [0.1, 0.15) is 0 Å². The minimum atomic E-state index is 0.793.